The van der Waals surface area contributed by atoms with E-state index in [0.717, 1.165) is 34.1 Å². The minimum absolute atomic E-state index is 0.675. The van der Waals surface area contributed by atoms with Gasteiger partial charge in [0.1, 0.15) is 11.5 Å². The molecule has 0 aliphatic rings. The summed E-state index contributed by atoms with van der Waals surface area (Å²) >= 11 is 0. The first-order valence-electron chi connectivity index (χ1n) is 7.34. The molecule has 0 saturated carbocycles. The minimum Gasteiger partial charge on any atom is -0.497 e. The van der Waals surface area contributed by atoms with Crippen molar-refractivity contribution < 1.29 is 18.9 Å². The van der Waals surface area contributed by atoms with Crippen molar-refractivity contribution in [3.05, 3.63) is 47.5 Å². The predicted molar refractivity (Wildman–Crippen MR) is 89.6 cm³/mol. The van der Waals surface area contributed by atoms with Gasteiger partial charge in [-0.25, -0.2) is 0 Å². The fraction of sp³-hybridized carbons (Fsp3) is 0.333. The molecule has 0 amide bonds. The summed E-state index contributed by atoms with van der Waals surface area (Å²) in [5.41, 5.74) is 2.16. The third-order valence-corrected chi connectivity index (χ3v) is 3.58. The second-order valence-corrected chi connectivity index (χ2v) is 4.97. The Hall–Kier alpha value is -2.40. The predicted octanol–water partition coefficient (Wildman–Crippen LogP) is 3.01. The molecule has 1 N–H and O–H groups in total. The first-order valence-corrected chi connectivity index (χ1v) is 7.34. The fourth-order valence-corrected chi connectivity index (χ4v) is 2.35. The summed E-state index contributed by atoms with van der Waals surface area (Å²) in [5.74, 6) is 3.11. The number of ether oxygens (including phenoxy) is 4. The van der Waals surface area contributed by atoms with Gasteiger partial charge >= 0.3 is 0 Å². The number of benzene rings is 2. The zero-order chi connectivity index (χ0) is 16.7. The monoisotopic (exact) mass is 317 g/mol. The van der Waals surface area contributed by atoms with Crippen LogP contribution in [0.25, 0.3) is 0 Å². The van der Waals surface area contributed by atoms with Gasteiger partial charge in [0.15, 0.2) is 11.5 Å². The van der Waals surface area contributed by atoms with Crippen molar-refractivity contribution in [1.82, 2.24) is 5.32 Å². The number of methoxy groups -OCH3 is 4. The van der Waals surface area contributed by atoms with Gasteiger partial charge in [0.25, 0.3) is 0 Å². The molecular weight excluding hydrogens is 294 g/mol. The van der Waals surface area contributed by atoms with Crippen LogP contribution in [0, 0.1) is 0 Å². The molecule has 2 rings (SSSR count). The van der Waals surface area contributed by atoms with Gasteiger partial charge in [0, 0.05) is 18.7 Å². The van der Waals surface area contributed by atoms with Crippen LogP contribution in [0.2, 0.25) is 0 Å². The highest BCUT2D eigenvalue weighted by Gasteiger charge is 2.07. The number of hydrogen-bond donors (Lipinski definition) is 1. The second kappa shape index (κ2) is 8.29. The summed E-state index contributed by atoms with van der Waals surface area (Å²) in [6.45, 7) is 1.38. The van der Waals surface area contributed by atoms with Gasteiger partial charge in [0.2, 0.25) is 0 Å². The van der Waals surface area contributed by atoms with Crippen LogP contribution in [0.1, 0.15) is 11.1 Å². The van der Waals surface area contributed by atoms with E-state index in [1.54, 1.807) is 28.4 Å². The molecule has 124 valence electrons. The summed E-state index contributed by atoms with van der Waals surface area (Å²) in [7, 11) is 6.59. The molecule has 0 atom stereocenters. The zero-order valence-electron chi connectivity index (χ0n) is 14.0. The molecule has 2 aromatic rings. The topological polar surface area (TPSA) is 49.0 Å². The Labute approximate surface area is 137 Å². The van der Waals surface area contributed by atoms with E-state index in [-0.39, 0.29) is 0 Å². The second-order valence-electron chi connectivity index (χ2n) is 4.97. The Morgan fingerprint density at radius 1 is 0.696 bits per heavy atom. The van der Waals surface area contributed by atoms with Gasteiger partial charge in [-0.3, -0.25) is 0 Å². The molecule has 5 nitrogen and oxygen atoms in total. The Morgan fingerprint density at radius 2 is 1.39 bits per heavy atom. The average molecular weight is 317 g/mol. The van der Waals surface area contributed by atoms with Gasteiger partial charge in [-0.15, -0.1) is 0 Å². The molecule has 0 aromatic heterocycles. The average Bonchev–Trinajstić information content (AvgIpc) is 2.61. The molecule has 0 unspecified atom stereocenters. The molecule has 5 heteroatoms. The molecule has 0 radical (unpaired) electrons. The normalized spacial score (nSPS) is 10.3. The van der Waals surface area contributed by atoms with Crippen molar-refractivity contribution >= 4 is 0 Å². The Morgan fingerprint density at radius 3 is 2.04 bits per heavy atom. The highest BCUT2D eigenvalue weighted by Crippen LogP contribution is 2.28. The molecule has 23 heavy (non-hydrogen) atoms. The Bertz CT molecular complexity index is 643. The van der Waals surface area contributed by atoms with Crippen LogP contribution < -0.4 is 24.3 Å². The lowest BCUT2D eigenvalue weighted by Gasteiger charge is -2.12. The van der Waals surface area contributed by atoms with E-state index in [1.165, 1.54) is 0 Å². The standard InChI is InChI=1S/C18H23NO4/c1-20-15-6-8-16(21-2)14(10-15)12-19-11-13-5-7-17(22-3)18(9-13)23-4/h5-10,19H,11-12H2,1-4H3. The van der Waals surface area contributed by atoms with Gasteiger partial charge in [-0.2, -0.15) is 0 Å². The Balaban J connectivity index is 2.02. The molecule has 0 fully saturated rings. The van der Waals surface area contributed by atoms with E-state index < -0.39 is 0 Å². The highest BCUT2D eigenvalue weighted by molar-refractivity contribution is 5.43. The van der Waals surface area contributed by atoms with Crippen LogP contribution in [0.3, 0.4) is 0 Å². The number of hydrogen-bond acceptors (Lipinski definition) is 5. The summed E-state index contributed by atoms with van der Waals surface area (Å²) in [6, 6.07) is 11.6. The quantitative estimate of drug-likeness (QED) is 0.811. The third kappa shape index (κ3) is 4.29. The molecule has 0 spiro atoms. The summed E-state index contributed by atoms with van der Waals surface area (Å²) in [4.78, 5) is 0. The maximum atomic E-state index is 5.38. The van der Waals surface area contributed by atoms with E-state index in [9.17, 15) is 0 Å². The van der Waals surface area contributed by atoms with E-state index >= 15 is 0 Å². The summed E-state index contributed by atoms with van der Waals surface area (Å²) in [6.07, 6.45) is 0. The molecular formula is C18H23NO4. The highest BCUT2D eigenvalue weighted by atomic mass is 16.5. The van der Waals surface area contributed by atoms with Crippen LogP contribution >= 0.6 is 0 Å². The van der Waals surface area contributed by atoms with E-state index in [1.807, 2.05) is 36.4 Å². The van der Waals surface area contributed by atoms with Crippen LogP contribution in [-0.2, 0) is 13.1 Å². The molecule has 0 aliphatic heterocycles. The van der Waals surface area contributed by atoms with Crippen LogP contribution in [0.15, 0.2) is 36.4 Å². The molecule has 0 heterocycles. The SMILES string of the molecule is COc1ccc(OC)c(CNCc2ccc(OC)c(OC)c2)c1. The molecule has 0 bridgehead atoms. The molecule has 0 aliphatic carbocycles. The maximum Gasteiger partial charge on any atom is 0.161 e. The lowest BCUT2D eigenvalue weighted by molar-refractivity contribution is 0.354. The van der Waals surface area contributed by atoms with E-state index in [4.69, 9.17) is 18.9 Å². The molecule has 2 aromatic carbocycles. The lowest BCUT2D eigenvalue weighted by Crippen LogP contribution is -2.13. The first-order chi connectivity index (χ1) is 11.2. The summed E-state index contributed by atoms with van der Waals surface area (Å²) in [5, 5.41) is 3.40. The smallest absolute Gasteiger partial charge is 0.161 e. The number of rotatable bonds is 8. The fourth-order valence-electron chi connectivity index (χ4n) is 2.35. The van der Waals surface area contributed by atoms with Crippen LogP contribution in [0.5, 0.6) is 23.0 Å². The molecule has 0 saturated heterocycles. The van der Waals surface area contributed by atoms with E-state index in [2.05, 4.69) is 5.32 Å². The Kier molecular flexibility index (Phi) is 6.11. The van der Waals surface area contributed by atoms with Crippen molar-refractivity contribution in [2.45, 2.75) is 13.1 Å². The van der Waals surface area contributed by atoms with Crippen LogP contribution in [-0.4, -0.2) is 28.4 Å². The van der Waals surface area contributed by atoms with Gasteiger partial charge < -0.3 is 24.3 Å². The van der Waals surface area contributed by atoms with E-state index in [0.29, 0.717) is 13.1 Å². The van der Waals surface area contributed by atoms with Gasteiger partial charge in [0.05, 0.1) is 28.4 Å². The van der Waals surface area contributed by atoms with Crippen molar-refractivity contribution in [3.63, 3.8) is 0 Å². The minimum atomic E-state index is 0.675. The van der Waals surface area contributed by atoms with Crippen LogP contribution in [0.4, 0.5) is 0 Å². The first kappa shape index (κ1) is 17.0. The lowest BCUT2D eigenvalue weighted by atomic mass is 10.1. The maximum absolute atomic E-state index is 5.38. The van der Waals surface area contributed by atoms with Crippen molar-refractivity contribution in [2.75, 3.05) is 28.4 Å². The van der Waals surface area contributed by atoms with Gasteiger partial charge in [-0.05, 0) is 35.9 Å². The van der Waals surface area contributed by atoms with Crippen molar-refractivity contribution in [2.24, 2.45) is 0 Å². The largest absolute Gasteiger partial charge is 0.497 e. The van der Waals surface area contributed by atoms with Crippen molar-refractivity contribution in [3.8, 4) is 23.0 Å². The third-order valence-electron chi connectivity index (χ3n) is 3.58. The number of nitrogens with one attached hydrogen (secondary N) is 1. The summed E-state index contributed by atoms with van der Waals surface area (Å²) < 4.78 is 21.2. The van der Waals surface area contributed by atoms with Crippen molar-refractivity contribution in [1.29, 1.82) is 0 Å². The zero-order valence-corrected chi connectivity index (χ0v) is 14.0. The van der Waals surface area contributed by atoms with Gasteiger partial charge in [-0.1, -0.05) is 6.07 Å².